The molecule has 0 fully saturated rings. The van der Waals surface area contributed by atoms with Gasteiger partial charge in [-0.05, 0) is 24.5 Å². The minimum Gasteiger partial charge on any atom is -0.260 e. The highest BCUT2D eigenvalue weighted by molar-refractivity contribution is 7.89. The van der Waals surface area contributed by atoms with Crippen molar-refractivity contribution in [2.24, 2.45) is 5.92 Å². The molecule has 1 atom stereocenters. The number of nitrogens with zero attached hydrogens (tertiary/aromatic N) is 1. The zero-order valence-corrected chi connectivity index (χ0v) is 9.42. The first kappa shape index (κ1) is 10.6. The van der Waals surface area contributed by atoms with E-state index < -0.39 is 10.0 Å². The largest absolute Gasteiger partial charge is 0.260 e. The number of sulfonamides is 1. The molecule has 0 amide bonds. The van der Waals surface area contributed by atoms with E-state index in [1.807, 2.05) is 0 Å². The fourth-order valence-corrected chi connectivity index (χ4v) is 3.08. The summed E-state index contributed by atoms with van der Waals surface area (Å²) in [6.45, 7) is 2.57. The van der Waals surface area contributed by atoms with Gasteiger partial charge in [0.1, 0.15) is 4.90 Å². The third-order valence-corrected chi connectivity index (χ3v) is 4.26. The van der Waals surface area contributed by atoms with Gasteiger partial charge in [-0.15, -0.1) is 0 Å². The molecule has 1 aliphatic heterocycles. The van der Waals surface area contributed by atoms with Crippen LogP contribution in [0.3, 0.4) is 0 Å². The zero-order valence-electron chi connectivity index (χ0n) is 8.60. The van der Waals surface area contributed by atoms with E-state index in [0.717, 1.165) is 12.8 Å². The summed E-state index contributed by atoms with van der Waals surface area (Å²) < 4.78 is 26.2. The van der Waals surface area contributed by atoms with Crippen LogP contribution in [0.25, 0.3) is 0 Å². The summed E-state index contributed by atoms with van der Waals surface area (Å²) in [4.78, 5) is 4.49. The molecule has 2 rings (SSSR count). The van der Waals surface area contributed by atoms with Crippen LogP contribution in [0.1, 0.15) is 19.0 Å². The van der Waals surface area contributed by atoms with E-state index >= 15 is 0 Å². The van der Waals surface area contributed by atoms with Gasteiger partial charge in [0, 0.05) is 12.7 Å². The minimum atomic E-state index is -3.33. The molecule has 0 aliphatic carbocycles. The molecule has 0 spiro atoms. The van der Waals surface area contributed by atoms with Crippen molar-refractivity contribution in [2.75, 3.05) is 6.54 Å². The van der Waals surface area contributed by atoms with Gasteiger partial charge in [-0.2, -0.15) is 0 Å². The first-order valence-corrected chi connectivity index (χ1v) is 6.55. The average Bonchev–Trinajstić information content (AvgIpc) is 2.36. The fourth-order valence-electron chi connectivity index (χ4n) is 1.76. The van der Waals surface area contributed by atoms with Crippen LogP contribution in [0.5, 0.6) is 0 Å². The molecule has 0 bridgehead atoms. The smallest absolute Gasteiger partial charge is 0.242 e. The van der Waals surface area contributed by atoms with Gasteiger partial charge in [-0.3, -0.25) is 4.98 Å². The first-order chi connectivity index (χ1) is 7.13. The van der Waals surface area contributed by atoms with Gasteiger partial charge in [0.05, 0.1) is 5.69 Å². The standard InChI is InChI=1S/C10H14N2O2S/c1-2-8-6-9-10(4-3-5-11-9)15(13,14)12-7-8/h3-5,8,12H,2,6-7H2,1H3/t8-/m0/s1. The summed E-state index contributed by atoms with van der Waals surface area (Å²) in [5.41, 5.74) is 0.689. The number of rotatable bonds is 1. The second-order valence-electron chi connectivity index (χ2n) is 3.78. The molecule has 1 aromatic rings. The van der Waals surface area contributed by atoms with Crippen molar-refractivity contribution in [2.45, 2.75) is 24.7 Å². The molecule has 15 heavy (non-hydrogen) atoms. The summed E-state index contributed by atoms with van der Waals surface area (Å²) in [5.74, 6) is 0.343. The summed E-state index contributed by atoms with van der Waals surface area (Å²) in [6.07, 6.45) is 3.34. The third-order valence-electron chi connectivity index (χ3n) is 2.76. The Kier molecular flexibility index (Phi) is 2.75. The van der Waals surface area contributed by atoms with Gasteiger partial charge in [0.15, 0.2) is 0 Å². The van der Waals surface area contributed by atoms with Gasteiger partial charge in [0.2, 0.25) is 10.0 Å². The maximum absolute atomic E-state index is 11.8. The molecular weight excluding hydrogens is 212 g/mol. The van der Waals surface area contributed by atoms with Crippen LogP contribution in [0, 0.1) is 5.92 Å². The number of nitrogens with one attached hydrogen (secondary N) is 1. The molecular formula is C10H14N2O2S. The number of fused-ring (bicyclic) bond motifs is 1. The molecule has 0 unspecified atom stereocenters. The highest BCUT2D eigenvalue weighted by Crippen LogP contribution is 2.21. The lowest BCUT2D eigenvalue weighted by atomic mass is 10.0. The summed E-state index contributed by atoms with van der Waals surface area (Å²) in [5, 5.41) is 0. The number of aromatic nitrogens is 1. The topological polar surface area (TPSA) is 59.1 Å². The Labute approximate surface area is 89.8 Å². The molecule has 0 aromatic carbocycles. The van der Waals surface area contributed by atoms with Crippen LogP contribution in [0.4, 0.5) is 0 Å². The van der Waals surface area contributed by atoms with Gasteiger partial charge in [-0.25, -0.2) is 13.1 Å². The highest BCUT2D eigenvalue weighted by atomic mass is 32.2. The van der Waals surface area contributed by atoms with Crippen LogP contribution in [-0.2, 0) is 16.4 Å². The lowest BCUT2D eigenvalue weighted by Crippen LogP contribution is -2.26. The van der Waals surface area contributed by atoms with E-state index in [0.29, 0.717) is 23.1 Å². The lowest BCUT2D eigenvalue weighted by molar-refractivity contribution is 0.494. The quantitative estimate of drug-likeness (QED) is 0.775. The monoisotopic (exact) mass is 226 g/mol. The van der Waals surface area contributed by atoms with Gasteiger partial charge >= 0.3 is 0 Å². The molecule has 0 saturated heterocycles. The molecule has 4 nitrogen and oxygen atoms in total. The Morgan fingerprint density at radius 2 is 2.40 bits per heavy atom. The van der Waals surface area contributed by atoms with Crippen molar-refractivity contribution in [3.8, 4) is 0 Å². The Morgan fingerprint density at radius 1 is 1.60 bits per heavy atom. The first-order valence-electron chi connectivity index (χ1n) is 5.07. The third kappa shape index (κ3) is 2.03. The predicted molar refractivity (Wildman–Crippen MR) is 56.9 cm³/mol. The predicted octanol–water partition coefficient (Wildman–Crippen LogP) is 0.942. The SMILES string of the molecule is CC[C@@H]1CNS(=O)(=O)c2cccnc2C1. The second kappa shape index (κ2) is 3.90. The van der Waals surface area contributed by atoms with Crippen molar-refractivity contribution >= 4 is 10.0 Å². The van der Waals surface area contributed by atoms with Crippen molar-refractivity contribution < 1.29 is 8.42 Å². The Balaban J connectivity index is 2.50. The van der Waals surface area contributed by atoms with Gasteiger partial charge in [0.25, 0.3) is 0 Å². The summed E-state index contributed by atoms with van der Waals surface area (Å²) in [7, 11) is -3.33. The molecule has 0 radical (unpaired) electrons. The summed E-state index contributed by atoms with van der Waals surface area (Å²) in [6, 6.07) is 3.27. The van der Waals surface area contributed by atoms with Crippen molar-refractivity contribution in [1.82, 2.24) is 9.71 Å². The fraction of sp³-hybridized carbons (Fsp3) is 0.500. The number of pyridine rings is 1. The van der Waals surface area contributed by atoms with Crippen molar-refractivity contribution in [3.63, 3.8) is 0 Å². The van der Waals surface area contributed by atoms with Crippen LogP contribution in [0.2, 0.25) is 0 Å². The molecule has 2 heterocycles. The van der Waals surface area contributed by atoms with Crippen LogP contribution >= 0.6 is 0 Å². The second-order valence-corrected chi connectivity index (χ2v) is 5.51. The van der Waals surface area contributed by atoms with E-state index in [1.54, 1.807) is 18.3 Å². The summed E-state index contributed by atoms with van der Waals surface area (Å²) >= 11 is 0. The molecule has 1 aliphatic rings. The normalized spacial score (nSPS) is 24.2. The maximum Gasteiger partial charge on any atom is 0.242 e. The molecule has 5 heteroatoms. The van der Waals surface area contributed by atoms with E-state index in [9.17, 15) is 8.42 Å². The van der Waals surface area contributed by atoms with E-state index in [2.05, 4.69) is 16.6 Å². The van der Waals surface area contributed by atoms with Gasteiger partial charge in [-0.1, -0.05) is 13.3 Å². The maximum atomic E-state index is 11.8. The number of hydrogen-bond acceptors (Lipinski definition) is 3. The van der Waals surface area contributed by atoms with Crippen LogP contribution in [-0.4, -0.2) is 19.9 Å². The van der Waals surface area contributed by atoms with E-state index in [-0.39, 0.29) is 0 Å². The number of hydrogen-bond donors (Lipinski definition) is 1. The van der Waals surface area contributed by atoms with E-state index in [1.165, 1.54) is 0 Å². The molecule has 0 saturated carbocycles. The molecule has 1 aromatic heterocycles. The average molecular weight is 226 g/mol. The highest BCUT2D eigenvalue weighted by Gasteiger charge is 2.25. The molecule has 1 N–H and O–H groups in total. The van der Waals surface area contributed by atoms with Crippen molar-refractivity contribution in [3.05, 3.63) is 24.0 Å². The van der Waals surface area contributed by atoms with Crippen LogP contribution < -0.4 is 4.72 Å². The zero-order chi connectivity index (χ0) is 10.9. The van der Waals surface area contributed by atoms with Crippen molar-refractivity contribution in [1.29, 1.82) is 0 Å². The van der Waals surface area contributed by atoms with Gasteiger partial charge < -0.3 is 0 Å². The minimum absolute atomic E-state index is 0.334. The van der Waals surface area contributed by atoms with E-state index in [4.69, 9.17) is 0 Å². The lowest BCUT2D eigenvalue weighted by Gasteiger charge is -2.09. The Bertz CT molecular complexity index is 456. The van der Waals surface area contributed by atoms with Crippen LogP contribution in [0.15, 0.2) is 23.2 Å². The molecule has 82 valence electrons. The Morgan fingerprint density at radius 3 is 3.13 bits per heavy atom. The Hall–Kier alpha value is -0.940.